The summed E-state index contributed by atoms with van der Waals surface area (Å²) in [7, 11) is 1.78. The average molecular weight is 360 g/mol. The largest absolute Gasteiger partial charge is 0.444 e. The number of hydrogen-bond acceptors (Lipinski definition) is 6. The van der Waals surface area contributed by atoms with E-state index >= 15 is 0 Å². The Morgan fingerprint density at radius 3 is 2.52 bits per heavy atom. The second-order valence-electron chi connectivity index (χ2n) is 6.58. The average Bonchev–Trinajstić information content (AvgIpc) is 2.86. The normalized spacial score (nSPS) is 16.3. The second kappa shape index (κ2) is 7.05. The number of nitrogens with zero attached hydrogens (tertiary/aromatic N) is 3. The highest BCUT2D eigenvalue weighted by Crippen LogP contribution is 2.30. The number of thiazole rings is 1. The molecular formula is C15H22ClN3O3S. The lowest BCUT2D eigenvalue weighted by Gasteiger charge is -2.37. The molecule has 0 aliphatic carbocycles. The van der Waals surface area contributed by atoms with Gasteiger partial charge in [-0.2, -0.15) is 0 Å². The number of rotatable bonds is 3. The van der Waals surface area contributed by atoms with Gasteiger partial charge in [0.2, 0.25) is 0 Å². The third-order valence-corrected chi connectivity index (χ3v) is 5.11. The van der Waals surface area contributed by atoms with Crippen molar-refractivity contribution in [2.45, 2.75) is 45.3 Å². The molecule has 0 spiro atoms. The number of aromatic nitrogens is 1. The maximum atomic E-state index is 12.1. The molecule has 23 heavy (non-hydrogen) atoms. The van der Waals surface area contributed by atoms with Crippen molar-refractivity contribution in [3.05, 3.63) is 10.0 Å². The van der Waals surface area contributed by atoms with Crippen molar-refractivity contribution in [2.75, 3.05) is 25.0 Å². The van der Waals surface area contributed by atoms with Crippen LogP contribution in [0, 0.1) is 0 Å². The number of hydrogen-bond donors (Lipinski definition) is 0. The maximum absolute atomic E-state index is 12.1. The predicted molar refractivity (Wildman–Crippen MR) is 91.7 cm³/mol. The van der Waals surface area contributed by atoms with Gasteiger partial charge in [0.15, 0.2) is 16.6 Å². The first-order valence-electron chi connectivity index (χ1n) is 7.53. The highest BCUT2D eigenvalue weighted by molar-refractivity contribution is 7.17. The molecule has 0 atom stereocenters. The molecule has 0 aromatic carbocycles. The van der Waals surface area contributed by atoms with Gasteiger partial charge in [-0.15, -0.1) is 0 Å². The minimum absolute atomic E-state index is 0.141. The molecule has 128 valence electrons. The monoisotopic (exact) mass is 359 g/mol. The topological polar surface area (TPSA) is 62.7 Å². The number of halogens is 1. The van der Waals surface area contributed by atoms with Crippen LogP contribution in [0.1, 0.15) is 43.3 Å². The molecule has 1 aliphatic rings. The summed E-state index contributed by atoms with van der Waals surface area (Å²) < 4.78 is 5.40. The summed E-state index contributed by atoms with van der Waals surface area (Å²) in [5.41, 5.74) is -0.491. The molecule has 0 N–H and O–H groups in total. The highest BCUT2D eigenvalue weighted by Gasteiger charge is 2.29. The van der Waals surface area contributed by atoms with Gasteiger partial charge in [-0.3, -0.25) is 4.79 Å². The Morgan fingerprint density at radius 1 is 1.43 bits per heavy atom. The van der Waals surface area contributed by atoms with E-state index in [1.807, 2.05) is 20.8 Å². The standard InChI is InChI=1S/C15H22ClN3O3S/c1-15(2,3)22-14(21)18(4)10-5-7-19(8-6-10)13-17-12(16)11(9-20)23-13/h9-10H,5-8H2,1-4H3. The van der Waals surface area contributed by atoms with E-state index in [1.165, 1.54) is 11.3 Å². The first-order valence-corrected chi connectivity index (χ1v) is 8.73. The Hall–Kier alpha value is -1.34. The molecule has 6 nitrogen and oxygen atoms in total. The molecule has 1 fully saturated rings. The van der Waals surface area contributed by atoms with Crippen molar-refractivity contribution >= 4 is 40.4 Å². The van der Waals surface area contributed by atoms with Gasteiger partial charge in [0.05, 0.1) is 0 Å². The van der Waals surface area contributed by atoms with Crippen molar-refractivity contribution in [1.82, 2.24) is 9.88 Å². The summed E-state index contributed by atoms with van der Waals surface area (Å²) in [4.78, 5) is 31.4. The molecule has 8 heteroatoms. The Kier molecular flexibility index (Phi) is 5.52. The summed E-state index contributed by atoms with van der Waals surface area (Å²) in [6, 6.07) is 0.141. The summed E-state index contributed by atoms with van der Waals surface area (Å²) in [5.74, 6) is 0. The fraction of sp³-hybridized carbons (Fsp3) is 0.667. The van der Waals surface area contributed by atoms with E-state index in [0.717, 1.165) is 37.3 Å². The van der Waals surface area contributed by atoms with Crippen molar-refractivity contribution in [3.8, 4) is 0 Å². The van der Waals surface area contributed by atoms with Gasteiger partial charge in [0.1, 0.15) is 10.5 Å². The van der Waals surface area contributed by atoms with Gasteiger partial charge in [-0.25, -0.2) is 9.78 Å². The lowest BCUT2D eigenvalue weighted by molar-refractivity contribution is 0.0201. The molecule has 2 heterocycles. The van der Waals surface area contributed by atoms with Gasteiger partial charge in [-0.1, -0.05) is 22.9 Å². The number of piperidine rings is 1. The smallest absolute Gasteiger partial charge is 0.410 e. The van der Waals surface area contributed by atoms with Crippen LogP contribution in [0.4, 0.5) is 9.93 Å². The van der Waals surface area contributed by atoms with Crippen molar-refractivity contribution < 1.29 is 14.3 Å². The lowest BCUT2D eigenvalue weighted by atomic mass is 10.0. The third-order valence-electron chi connectivity index (χ3n) is 3.67. The summed E-state index contributed by atoms with van der Waals surface area (Å²) >= 11 is 7.22. The zero-order chi connectivity index (χ0) is 17.2. The Balaban J connectivity index is 1.92. The third kappa shape index (κ3) is 4.57. The van der Waals surface area contributed by atoms with Gasteiger partial charge in [0, 0.05) is 26.2 Å². The molecule has 2 rings (SSSR count). The minimum atomic E-state index is -0.491. The zero-order valence-corrected chi connectivity index (χ0v) is 15.4. The fourth-order valence-electron chi connectivity index (χ4n) is 2.44. The number of carbonyl (C=O) groups excluding carboxylic acids is 2. The molecule has 1 aliphatic heterocycles. The first-order chi connectivity index (χ1) is 10.7. The molecule has 0 saturated carbocycles. The van der Waals surface area contributed by atoms with Crippen LogP contribution >= 0.6 is 22.9 Å². The SMILES string of the molecule is CN(C(=O)OC(C)(C)C)C1CCN(c2nc(Cl)c(C=O)s2)CC1. The van der Waals surface area contributed by atoms with Gasteiger partial charge in [-0.05, 0) is 33.6 Å². The fourth-order valence-corrected chi connectivity index (χ4v) is 3.55. The number of amides is 1. The molecule has 0 bridgehead atoms. The van der Waals surface area contributed by atoms with Crippen LogP contribution in [0.15, 0.2) is 0 Å². The highest BCUT2D eigenvalue weighted by atomic mass is 35.5. The van der Waals surface area contributed by atoms with Crippen LogP contribution in [0.2, 0.25) is 5.15 Å². The number of aldehydes is 1. The molecule has 1 saturated heterocycles. The second-order valence-corrected chi connectivity index (χ2v) is 7.95. The molecule has 0 radical (unpaired) electrons. The van der Waals surface area contributed by atoms with E-state index < -0.39 is 5.60 Å². The number of carbonyl (C=O) groups is 2. The number of ether oxygens (including phenoxy) is 1. The lowest BCUT2D eigenvalue weighted by Crippen LogP contribution is -2.47. The zero-order valence-electron chi connectivity index (χ0n) is 13.8. The minimum Gasteiger partial charge on any atom is -0.444 e. The van der Waals surface area contributed by atoms with E-state index in [2.05, 4.69) is 9.88 Å². The van der Waals surface area contributed by atoms with Crippen LogP contribution in [0.3, 0.4) is 0 Å². The van der Waals surface area contributed by atoms with Crippen molar-refractivity contribution in [2.24, 2.45) is 0 Å². The molecule has 1 aromatic heterocycles. The predicted octanol–water partition coefficient (Wildman–Crippen LogP) is 3.44. The van der Waals surface area contributed by atoms with Gasteiger partial charge in [0.25, 0.3) is 0 Å². The Labute approximate surface area is 145 Å². The van der Waals surface area contributed by atoms with Crippen LogP contribution in [0.25, 0.3) is 0 Å². The number of anilines is 1. The van der Waals surface area contributed by atoms with E-state index in [4.69, 9.17) is 16.3 Å². The quantitative estimate of drug-likeness (QED) is 0.773. The van der Waals surface area contributed by atoms with Crippen LogP contribution in [-0.4, -0.2) is 54.0 Å². The van der Waals surface area contributed by atoms with Crippen molar-refractivity contribution in [1.29, 1.82) is 0 Å². The first kappa shape index (κ1) is 18.0. The molecular weight excluding hydrogens is 338 g/mol. The maximum Gasteiger partial charge on any atom is 0.410 e. The van der Waals surface area contributed by atoms with E-state index in [0.29, 0.717) is 4.88 Å². The van der Waals surface area contributed by atoms with Gasteiger partial charge >= 0.3 is 6.09 Å². The van der Waals surface area contributed by atoms with Crippen LogP contribution in [-0.2, 0) is 4.74 Å². The summed E-state index contributed by atoms with van der Waals surface area (Å²) in [6.45, 7) is 7.11. The van der Waals surface area contributed by atoms with Crippen LogP contribution in [0.5, 0.6) is 0 Å². The van der Waals surface area contributed by atoms with Crippen LogP contribution < -0.4 is 4.90 Å². The molecule has 1 aromatic rings. The van der Waals surface area contributed by atoms with E-state index in [9.17, 15) is 9.59 Å². The van der Waals surface area contributed by atoms with Gasteiger partial charge < -0.3 is 14.5 Å². The molecule has 1 amide bonds. The molecule has 0 unspecified atom stereocenters. The Morgan fingerprint density at radius 2 is 2.04 bits per heavy atom. The van der Waals surface area contributed by atoms with E-state index in [-0.39, 0.29) is 17.3 Å². The Bertz CT molecular complexity index is 577. The summed E-state index contributed by atoms with van der Waals surface area (Å²) in [5, 5.41) is 1.02. The van der Waals surface area contributed by atoms with Crippen molar-refractivity contribution in [3.63, 3.8) is 0 Å². The van der Waals surface area contributed by atoms with E-state index in [1.54, 1.807) is 11.9 Å². The summed E-state index contributed by atoms with van der Waals surface area (Å²) in [6.07, 6.45) is 2.08.